The molecular weight excluding hydrogens is 258 g/mol. The molecule has 0 atom stereocenters. The first-order chi connectivity index (χ1) is 9.70. The fourth-order valence-electron chi connectivity index (χ4n) is 2.58. The van der Waals surface area contributed by atoms with Crippen LogP contribution in [0.2, 0.25) is 0 Å². The van der Waals surface area contributed by atoms with Crippen LogP contribution in [-0.4, -0.2) is 37.6 Å². The zero-order valence-corrected chi connectivity index (χ0v) is 11.3. The second kappa shape index (κ2) is 5.17. The maximum absolute atomic E-state index is 12.0. The van der Waals surface area contributed by atoms with Gasteiger partial charge in [-0.25, -0.2) is 0 Å². The van der Waals surface area contributed by atoms with E-state index in [1.165, 1.54) is 6.08 Å². The zero-order chi connectivity index (χ0) is 14.1. The molecule has 0 N–H and O–H groups in total. The summed E-state index contributed by atoms with van der Waals surface area (Å²) in [5.74, 6) is 0.125. The molecule has 0 aromatic carbocycles. The van der Waals surface area contributed by atoms with Crippen LogP contribution in [0.4, 0.5) is 0 Å². The molecule has 3 rings (SSSR count). The molecule has 0 fully saturated rings. The van der Waals surface area contributed by atoms with Crippen LogP contribution in [0.15, 0.2) is 39.7 Å². The number of fused-ring (bicyclic) bond motifs is 2. The van der Waals surface area contributed by atoms with Crippen molar-refractivity contribution in [3.8, 4) is 0 Å². The number of nitrogens with zero attached hydrogens (tertiary/aromatic N) is 1. The summed E-state index contributed by atoms with van der Waals surface area (Å²) < 4.78 is 10.3. The summed E-state index contributed by atoms with van der Waals surface area (Å²) in [5, 5.41) is 0. The highest BCUT2D eigenvalue weighted by atomic mass is 16.5. The Bertz CT molecular complexity index is 607. The standard InChI is InChI=1S/C15H15NO4/c1-19-5-6-20-14-8-11-9(7-13(14)18)15-10(16-11)3-2-4-12(15)17/h7-8H,2-6H2,1H3. The van der Waals surface area contributed by atoms with Crippen LogP contribution in [0.3, 0.4) is 0 Å². The van der Waals surface area contributed by atoms with Crippen molar-refractivity contribution >= 4 is 17.3 Å². The van der Waals surface area contributed by atoms with Gasteiger partial charge in [-0.2, -0.15) is 0 Å². The van der Waals surface area contributed by atoms with Gasteiger partial charge in [0.15, 0.2) is 11.5 Å². The molecule has 0 unspecified atom stereocenters. The van der Waals surface area contributed by atoms with E-state index in [-0.39, 0.29) is 17.3 Å². The molecular formula is C15H15NO4. The molecule has 1 heterocycles. The van der Waals surface area contributed by atoms with Gasteiger partial charge in [0.2, 0.25) is 5.78 Å². The zero-order valence-electron chi connectivity index (χ0n) is 11.3. The summed E-state index contributed by atoms with van der Waals surface area (Å²) in [6, 6.07) is 0. The van der Waals surface area contributed by atoms with Gasteiger partial charge in [0.1, 0.15) is 6.61 Å². The normalized spacial score (nSPS) is 21.1. The number of carbonyl (C=O) groups excluding carboxylic acids is 2. The molecule has 5 heteroatoms. The Labute approximate surface area is 116 Å². The van der Waals surface area contributed by atoms with Crippen molar-refractivity contribution in [3.05, 3.63) is 34.8 Å². The number of ether oxygens (including phenoxy) is 2. The van der Waals surface area contributed by atoms with Crippen molar-refractivity contribution in [2.45, 2.75) is 19.3 Å². The first-order valence-corrected chi connectivity index (χ1v) is 6.66. The molecule has 5 nitrogen and oxygen atoms in total. The van der Waals surface area contributed by atoms with Crippen LogP contribution in [0.5, 0.6) is 0 Å². The Morgan fingerprint density at radius 1 is 1.20 bits per heavy atom. The van der Waals surface area contributed by atoms with E-state index in [0.717, 1.165) is 18.5 Å². The van der Waals surface area contributed by atoms with Crippen LogP contribution in [0.25, 0.3) is 0 Å². The number of aliphatic imine (C=N–C) groups is 1. The Balaban J connectivity index is 1.85. The van der Waals surface area contributed by atoms with Gasteiger partial charge in [-0.15, -0.1) is 0 Å². The number of hydrogen-bond donors (Lipinski definition) is 0. The van der Waals surface area contributed by atoms with Crippen LogP contribution in [0.1, 0.15) is 19.3 Å². The number of carbonyl (C=O) groups is 2. The number of Topliss-reactive ketones (excluding diaryl/α,β-unsaturated/α-hetero) is 1. The summed E-state index contributed by atoms with van der Waals surface area (Å²) in [4.78, 5) is 28.5. The SMILES string of the molecule is COCCOC1=CC2=NC3=C(C(=O)CCC3)C2=CC1=O. The van der Waals surface area contributed by atoms with Crippen LogP contribution in [-0.2, 0) is 19.1 Å². The molecule has 0 amide bonds. The number of methoxy groups -OCH3 is 1. The van der Waals surface area contributed by atoms with E-state index in [0.29, 0.717) is 36.5 Å². The maximum atomic E-state index is 12.0. The Kier molecular flexibility index (Phi) is 3.36. The molecule has 1 aliphatic heterocycles. The summed E-state index contributed by atoms with van der Waals surface area (Å²) >= 11 is 0. The Morgan fingerprint density at radius 3 is 2.85 bits per heavy atom. The van der Waals surface area contributed by atoms with Crippen molar-refractivity contribution in [1.29, 1.82) is 0 Å². The summed E-state index contributed by atoms with van der Waals surface area (Å²) in [5.41, 5.74) is 2.77. The van der Waals surface area contributed by atoms with Gasteiger partial charge < -0.3 is 9.47 Å². The quantitative estimate of drug-likeness (QED) is 0.575. The molecule has 3 aliphatic rings. The fourth-order valence-corrected chi connectivity index (χ4v) is 2.58. The molecule has 0 saturated carbocycles. The first-order valence-electron chi connectivity index (χ1n) is 6.66. The Morgan fingerprint density at radius 2 is 2.05 bits per heavy atom. The second-order valence-electron chi connectivity index (χ2n) is 4.87. The monoisotopic (exact) mass is 273 g/mol. The third-order valence-electron chi connectivity index (χ3n) is 3.52. The van der Waals surface area contributed by atoms with E-state index in [2.05, 4.69) is 4.99 Å². The van der Waals surface area contributed by atoms with E-state index in [1.54, 1.807) is 13.2 Å². The van der Waals surface area contributed by atoms with E-state index in [9.17, 15) is 9.59 Å². The van der Waals surface area contributed by atoms with Gasteiger partial charge in [-0.05, 0) is 18.9 Å². The van der Waals surface area contributed by atoms with Crippen molar-refractivity contribution in [1.82, 2.24) is 0 Å². The molecule has 0 saturated heterocycles. The lowest BCUT2D eigenvalue weighted by atomic mass is 9.88. The van der Waals surface area contributed by atoms with Crippen molar-refractivity contribution in [2.75, 3.05) is 20.3 Å². The van der Waals surface area contributed by atoms with E-state index in [4.69, 9.17) is 9.47 Å². The highest BCUT2D eigenvalue weighted by Gasteiger charge is 2.34. The van der Waals surface area contributed by atoms with Crippen molar-refractivity contribution in [2.24, 2.45) is 4.99 Å². The summed E-state index contributed by atoms with van der Waals surface area (Å²) in [7, 11) is 1.57. The average Bonchev–Trinajstić information content (AvgIpc) is 2.78. The molecule has 20 heavy (non-hydrogen) atoms. The number of rotatable bonds is 4. The summed E-state index contributed by atoms with van der Waals surface area (Å²) in [6.45, 7) is 0.734. The average molecular weight is 273 g/mol. The maximum Gasteiger partial charge on any atom is 0.221 e. The van der Waals surface area contributed by atoms with E-state index >= 15 is 0 Å². The first kappa shape index (κ1) is 13.0. The van der Waals surface area contributed by atoms with Crippen LogP contribution < -0.4 is 0 Å². The lowest BCUT2D eigenvalue weighted by Gasteiger charge is -2.15. The minimum Gasteiger partial charge on any atom is -0.487 e. The molecule has 104 valence electrons. The smallest absolute Gasteiger partial charge is 0.221 e. The number of allylic oxidation sites excluding steroid dienone is 5. The summed E-state index contributed by atoms with van der Waals surface area (Å²) in [6.07, 6.45) is 5.25. The number of ketones is 2. The molecule has 0 bridgehead atoms. The lowest BCUT2D eigenvalue weighted by molar-refractivity contribution is -0.115. The largest absolute Gasteiger partial charge is 0.487 e. The highest BCUT2D eigenvalue weighted by molar-refractivity contribution is 6.29. The molecule has 0 aromatic heterocycles. The van der Waals surface area contributed by atoms with Crippen molar-refractivity contribution < 1.29 is 19.1 Å². The third kappa shape index (κ3) is 2.14. The molecule has 2 aliphatic carbocycles. The highest BCUT2D eigenvalue weighted by Crippen LogP contribution is 2.36. The number of hydrogen-bond acceptors (Lipinski definition) is 5. The van der Waals surface area contributed by atoms with Gasteiger partial charge in [0.05, 0.1) is 18.0 Å². The van der Waals surface area contributed by atoms with Gasteiger partial charge in [0, 0.05) is 30.8 Å². The van der Waals surface area contributed by atoms with Crippen molar-refractivity contribution in [3.63, 3.8) is 0 Å². The predicted molar refractivity (Wildman–Crippen MR) is 72.3 cm³/mol. The molecule has 0 aromatic rings. The second-order valence-corrected chi connectivity index (χ2v) is 4.87. The lowest BCUT2D eigenvalue weighted by Crippen LogP contribution is -2.18. The van der Waals surface area contributed by atoms with Gasteiger partial charge in [-0.1, -0.05) is 0 Å². The topological polar surface area (TPSA) is 65.0 Å². The fraction of sp³-hybridized carbons (Fsp3) is 0.400. The van der Waals surface area contributed by atoms with E-state index in [1.807, 2.05) is 0 Å². The molecule has 0 spiro atoms. The van der Waals surface area contributed by atoms with Crippen LogP contribution in [0, 0.1) is 0 Å². The van der Waals surface area contributed by atoms with Gasteiger partial charge in [0.25, 0.3) is 0 Å². The van der Waals surface area contributed by atoms with Crippen LogP contribution >= 0.6 is 0 Å². The van der Waals surface area contributed by atoms with Gasteiger partial charge in [-0.3, -0.25) is 14.6 Å². The minimum atomic E-state index is -0.220. The van der Waals surface area contributed by atoms with Gasteiger partial charge >= 0.3 is 0 Å². The Hall–Kier alpha value is -2.01. The predicted octanol–water partition coefficient (Wildman–Crippen LogP) is 1.50. The van der Waals surface area contributed by atoms with E-state index < -0.39 is 0 Å². The minimum absolute atomic E-state index is 0.0844. The third-order valence-corrected chi connectivity index (χ3v) is 3.52. The molecule has 0 radical (unpaired) electrons.